The molecule has 0 N–H and O–H groups in total. The summed E-state index contributed by atoms with van der Waals surface area (Å²) in [5.74, 6) is 0.152. The fraction of sp³-hybridized carbons (Fsp3) is 0.500. The van der Waals surface area contributed by atoms with E-state index in [4.69, 9.17) is 11.6 Å². The van der Waals surface area contributed by atoms with Crippen LogP contribution < -0.4 is 0 Å². The molecule has 0 fully saturated rings. The van der Waals surface area contributed by atoms with Gasteiger partial charge in [-0.3, -0.25) is 4.79 Å². The largest absolute Gasteiger partial charge is 0.294 e. The van der Waals surface area contributed by atoms with Crippen LogP contribution in [0.5, 0.6) is 0 Å². The summed E-state index contributed by atoms with van der Waals surface area (Å²) < 4.78 is 0.905. The van der Waals surface area contributed by atoms with E-state index in [1.165, 1.54) is 19.3 Å². The molecule has 0 unspecified atom stereocenters. The lowest BCUT2D eigenvalue weighted by atomic mass is 10.0. The van der Waals surface area contributed by atoms with Crippen molar-refractivity contribution < 1.29 is 4.79 Å². The highest BCUT2D eigenvalue weighted by Gasteiger charge is 2.09. The van der Waals surface area contributed by atoms with Gasteiger partial charge >= 0.3 is 0 Å². The highest BCUT2D eigenvalue weighted by atomic mass is 79.9. The van der Waals surface area contributed by atoms with Crippen molar-refractivity contribution in [3.8, 4) is 0 Å². The minimum absolute atomic E-state index is 0.152. The van der Waals surface area contributed by atoms with Crippen molar-refractivity contribution in [2.45, 2.75) is 45.4 Å². The molecule has 0 atom stereocenters. The quantitative estimate of drug-likeness (QED) is 0.469. The highest BCUT2D eigenvalue weighted by molar-refractivity contribution is 9.10. The molecule has 0 saturated carbocycles. The Labute approximate surface area is 117 Å². The molecule has 0 bridgehead atoms. The van der Waals surface area contributed by atoms with Crippen molar-refractivity contribution in [2.24, 2.45) is 0 Å². The summed E-state index contributed by atoms with van der Waals surface area (Å²) in [5, 5.41) is 0.540. The molecule has 0 aliphatic rings. The Hall–Kier alpha value is -0.340. The summed E-state index contributed by atoms with van der Waals surface area (Å²) in [6.45, 7) is 2.19. The number of Topliss-reactive ketones (excluding diaryl/α,β-unsaturated/α-hetero) is 1. The van der Waals surface area contributed by atoms with E-state index in [2.05, 4.69) is 22.9 Å². The maximum absolute atomic E-state index is 11.9. The van der Waals surface area contributed by atoms with Crippen molar-refractivity contribution >= 4 is 33.3 Å². The van der Waals surface area contributed by atoms with Gasteiger partial charge < -0.3 is 0 Å². The molecule has 1 rings (SSSR count). The first-order valence-corrected chi connectivity index (χ1v) is 7.30. The minimum Gasteiger partial charge on any atom is -0.294 e. The Kier molecular flexibility index (Phi) is 6.83. The first-order valence-electron chi connectivity index (χ1n) is 6.13. The van der Waals surface area contributed by atoms with Crippen LogP contribution in [0.4, 0.5) is 0 Å². The number of hydrogen-bond donors (Lipinski definition) is 0. The van der Waals surface area contributed by atoms with Crippen LogP contribution in [-0.4, -0.2) is 5.78 Å². The summed E-state index contributed by atoms with van der Waals surface area (Å²) >= 11 is 9.37. The lowest BCUT2D eigenvalue weighted by molar-refractivity contribution is 0.0979. The van der Waals surface area contributed by atoms with Crippen molar-refractivity contribution in [3.05, 3.63) is 33.3 Å². The van der Waals surface area contributed by atoms with Crippen LogP contribution in [0.3, 0.4) is 0 Å². The van der Waals surface area contributed by atoms with Crippen LogP contribution in [0, 0.1) is 0 Å². The Morgan fingerprint density at radius 2 is 1.94 bits per heavy atom. The van der Waals surface area contributed by atoms with Gasteiger partial charge in [-0.15, -0.1) is 0 Å². The number of rotatable bonds is 7. The molecule has 0 aliphatic carbocycles. The standard InChI is InChI=1S/C14H18BrClO/c1-2-3-4-5-6-7-14(17)12-9-8-11(15)10-13(12)16/h8-10H,2-7H2,1H3. The first kappa shape index (κ1) is 14.7. The van der Waals surface area contributed by atoms with E-state index in [1.807, 2.05) is 6.07 Å². The number of benzene rings is 1. The third-order valence-corrected chi connectivity index (χ3v) is 3.54. The Bertz CT molecular complexity index is 376. The van der Waals surface area contributed by atoms with E-state index in [-0.39, 0.29) is 5.78 Å². The second-order valence-electron chi connectivity index (χ2n) is 4.21. The molecule has 0 radical (unpaired) electrons. The Morgan fingerprint density at radius 3 is 2.59 bits per heavy atom. The number of carbonyl (C=O) groups excluding carboxylic acids is 1. The van der Waals surface area contributed by atoms with Crippen LogP contribution in [0.2, 0.25) is 5.02 Å². The monoisotopic (exact) mass is 316 g/mol. The second-order valence-corrected chi connectivity index (χ2v) is 5.53. The van der Waals surface area contributed by atoms with E-state index in [0.717, 1.165) is 17.3 Å². The lowest BCUT2D eigenvalue weighted by Crippen LogP contribution is -1.99. The third-order valence-electron chi connectivity index (χ3n) is 2.74. The lowest BCUT2D eigenvalue weighted by Gasteiger charge is -2.04. The van der Waals surface area contributed by atoms with Crippen LogP contribution in [0.25, 0.3) is 0 Å². The number of carbonyl (C=O) groups is 1. The van der Waals surface area contributed by atoms with E-state index < -0.39 is 0 Å². The fourth-order valence-electron chi connectivity index (χ4n) is 1.74. The van der Waals surface area contributed by atoms with Crippen molar-refractivity contribution in [1.29, 1.82) is 0 Å². The molecule has 0 saturated heterocycles. The van der Waals surface area contributed by atoms with Crippen molar-refractivity contribution in [2.75, 3.05) is 0 Å². The van der Waals surface area contributed by atoms with Gasteiger partial charge in [0.05, 0.1) is 5.02 Å². The predicted molar refractivity (Wildman–Crippen MR) is 76.9 cm³/mol. The predicted octanol–water partition coefficient (Wildman–Crippen LogP) is 5.65. The average molecular weight is 318 g/mol. The summed E-state index contributed by atoms with van der Waals surface area (Å²) in [7, 11) is 0. The number of halogens is 2. The van der Waals surface area contributed by atoms with Gasteiger partial charge in [0.1, 0.15) is 0 Å². The maximum atomic E-state index is 11.9. The van der Waals surface area contributed by atoms with Crippen LogP contribution in [-0.2, 0) is 0 Å². The molecule has 94 valence electrons. The van der Waals surface area contributed by atoms with Gasteiger partial charge in [0.15, 0.2) is 5.78 Å². The van der Waals surface area contributed by atoms with Gasteiger partial charge in [0.2, 0.25) is 0 Å². The average Bonchev–Trinajstić information content (AvgIpc) is 2.28. The second kappa shape index (κ2) is 7.88. The molecule has 1 aromatic carbocycles. The summed E-state index contributed by atoms with van der Waals surface area (Å²) in [5.41, 5.74) is 0.644. The van der Waals surface area contributed by atoms with Gasteiger partial charge in [-0.05, 0) is 24.6 Å². The normalized spacial score (nSPS) is 10.5. The van der Waals surface area contributed by atoms with Gasteiger partial charge in [0.25, 0.3) is 0 Å². The molecular weight excluding hydrogens is 300 g/mol. The van der Waals surface area contributed by atoms with Crippen molar-refractivity contribution in [3.63, 3.8) is 0 Å². The third kappa shape index (κ3) is 5.22. The van der Waals surface area contributed by atoms with E-state index in [1.54, 1.807) is 12.1 Å². The zero-order chi connectivity index (χ0) is 12.7. The molecule has 0 aliphatic heterocycles. The summed E-state index contributed by atoms with van der Waals surface area (Å²) in [6.07, 6.45) is 6.40. The first-order chi connectivity index (χ1) is 8.15. The number of unbranched alkanes of at least 4 members (excludes halogenated alkanes) is 4. The minimum atomic E-state index is 0.152. The Morgan fingerprint density at radius 1 is 1.24 bits per heavy atom. The number of hydrogen-bond acceptors (Lipinski definition) is 1. The maximum Gasteiger partial charge on any atom is 0.164 e. The van der Waals surface area contributed by atoms with Crippen LogP contribution in [0.15, 0.2) is 22.7 Å². The molecule has 17 heavy (non-hydrogen) atoms. The highest BCUT2D eigenvalue weighted by Crippen LogP contribution is 2.23. The van der Waals surface area contributed by atoms with Crippen LogP contribution in [0.1, 0.15) is 55.8 Å². The van der Waals surface area contributed by atoms with Crippen molar-refractivity contribution in [1.82, 2.24) is 0 Å². The molecular formula is C14H18BrClO. The topological polar surface area (TPSA) is 17.1 Å². The zero-order valence-electron chi connectivity index (χ0n) is 10.1. The molecule has 0 spiro atoms. The van der Waals surface area contributed by atoms with Gasteiger partial charge in [0, 0.05) is 16.5 Å². The van der Waals surface area contributed by atoms with E-state index >= 15 is 0 Å². The molecule has 0 aromatic heterocycles. The van der Waals surface area contributed by atoms with Crippen LogP contribution >= 0.6 is 27.5 Å². The summed E-state index contributed by atoms with van der Waals surface area (Å²) in [4.78, 5) is 11.9. The smallest absolute Gasteiger partial charge is 0.164 e. The molecule has 0 amide bonds. The number of ketones is 1. The molecule has 1 nitrogen and oxygen atoms in total. The Balaban J connectivity index is 2.42. The zero-order valence-corrected chi connectivity index (χ0v) is 12.5. The van der Waals surface area contributed by atoms with Gasteiger partial charge in [-0.25, -0.2) is 0 Å². The molecule has 0 heterocycles. The summed E-state index contributed by atoms with van der Waals surface area (Å²) in [6, 6.07) is 5.42. The molecule has 3 heteroatoms. The fourth-order valence-corrected chi connectivity index (χ4v) is 2.52. The SMILES string of the molecule is CCCCCCCC(=O)c1ccc(Br)cc1Cl. The molecule has 1 aromatic rings. The van der Waals surface area contributed by atoms with E-state index in [0.29, 0.717) is 17.0 Å². The van der Waals surface area contributed by atoms with E-state index in [9.17, 15) is 4.79 Å². The van der Waals surface area contributed by atoms with Gasteiger partial charge in [-0.1, -0.05) is 60.1 Å². The van der Waals surface area contributed by atoms with Gasteiger partial charge in [-0.2, -0.15) is 0 Å².